The van der Waals surface area contributed by atoms with Gasteiger partial charge in [-0.05, 0) is 49.8 Å². The smallest absolute Gasteiger partial charge is 0.223 e. The molecule has 2 saturated heterocycles. The average molecular weight is 289 g/mol. The number of aliphatic hydroxyl groups is 1. The van der Waals surface area contributed by atoms with E-state index in [-0.39, 0.29) is 24.1 Å². The van der Waals surface area contributed by atoms with E-state index in [2.05, 4.69) is 0 Å². The second kappa shape index (κ2) is 6.06. The van der Waals surface area contributed by atoms with Crippen LogP contribution in [0.4, 0.5) is 0 Å². The molecular formula is C17H23NO3. The number of aryl methyl sites for hydroxylation is 1. The number of nitrogens with zero attached hydrogens (tertiary/aromatic N) is 1. The van der Waals surface area contributed by atoms with E-state index in [0.717, 1.165) is 43.4 Å². The standard InChI is InChI=1S/C17H23NO3/c1-21-16-4-2-3-12(9-16)5-8-17(20)18-13-6-7-14(18)11-15(19)10-13/h2-4,9,13-15,19H,5-8,10-11H2,1H3. The maximum Gasteiger partial charge on any atom is 0.223 e. The van der Waals surface area contributed by atoms with E-state index >= 15 is 0 Å². The van der Waals surface area contributed by atoms with Crippen LogP contribution in [0.15, 0.2) is 24.3 Å². The molecule has 1 amide bonds. The van der Waals surface area contributed by atoms with Gasteiger partial charge in [0.2, 0.25) is 5.91 Å². The summed E-state index contributed by atoms with van der Waals surface area (Å²) in [5, 5.41) is 9.80. The molecule has 114 valence electrons. The summed E-state index contributed by atoms with van der Waals surface area (Å²) in [6.07, 6.45) is 4.66. The van der Waals surface area contributed by atoms with Gasteiger partial charge in [-0.3, -0.25) is 4.79 Å². The van der Waals surface area contributed by atoms with Crippen molar-refractivity contribution in [3.05, 3.63) is 29.8 Å². The number of piperidine rings is 1. The van der Waals surface area contributed by atoms with Gasteiger partial charge in [-0.2, -0.15) is 0 Å². The van der Waals surface area contributed by atoms with Crippen LogP contribution in [-0.2, 0) is 11.2 Å². The lowest BCUT2D eigenvalue weighted by Crippen LogP contribution is -2.48. The van der Waals surface area contributed by atoms with Crippen LogP contribution >= 0.6 is 0 Å². The summed E-state index contributed by atoms with van der Waals surface area (Å²) in [6.45, 7) is 0. The molecule has 0 aromatic heterocycles. The highest BCUT2D eigenvalue weighted by Gasteiger charge is 2.42. The highest BCUT2D eigenvalue weighted by atomic mass is 16.5. The van der Waals surface area contributed by atoms with Crippen LogP contribution in [0.3, 0.4) is 0 Å². The Morgan fingerprint density at radius 3 is 2.71 bits per heavy atom. The van der Waals surface area contributed by atoms with Gasteiger partial charge in [-0.25, -0.2) is 0 Å². The summed E-state index contributed by atoms with van der Waals surface area (Å²) in [7, 11) is 1.65. The van der Waals surface area contributed by atoms with Gasteiger partial charge in [0.05, 0.1) is 13.2 Å². The van der Waals surface area contributed by atoms with Gasteiger partial charge in [0.1, 0.15) is 5.75 Å². The molecule has 2 bridgehead atoms. The molecule has 2 unspecified atom stereocenters. The Morgan fingerprint density at radius 2 is 2.05 bits per heavy atom. The molecule has 2 fully saturated rings. The third-order valence-corrected chi connectivity index (χ3v) is 4.76. The van der Waals surface area contributed by atoms with Gasteiger partial charge in [0.15, 0.2) is 0 Å². The highest BCUT2D eigenvalue weighted by Crippen LogP contribution is 2.36. The van der Waals surface area contributed by atoms with E-state index in [9.17, 15) is 9.90 Å². The Hall–Kier alpha value is -1.55. The van der Waals surface area contributed by atoms with E-state index in [1.165, 1.54) is 0 Å². The van der Waals surface area contributed by atoms with Crippen molar-refractivity contribution in [2.45, 2.75) is 56.7 Å². The Balaban J connectivity index is 1.59. The number of carbonyl (C=O) groups excluding carboxylic acids is 1. The molecule has 21 heavy (non-hydrogen) atoms. The van der Waals surface area contributed by atoms with Gasteiger partial charge < -0.3 is 14.7 Å². The summed E-state index contributed by atoms with van der Waals surface area (Å²) in [4.78, 5) is 14.6. The van der Waals surface area contributed by atoms with Gasteiger partial charge in [-0.15, -0.1) is 0 Å². The maximum absolute atomic E-state index is 12.5. The molecule has 2 atom stereocenters. The number of fused-ring (bicyclic) bond motifs is 2. The predicted molar refractivity (Wildman–Crippen MR) is 80.2 cm³/mol. The first kappa shape index (κ1) is 14.4. The van der Waals surface area contributed by atoms with Crippen LogP contribution < -0.4 is 4.74 Å². The first-order valence-corrected chi connectivity index (χ1v) is 7.79. The molecule has 1 aromatic carbocycles. The van der Waals surface area contributed by atoms with E-state index in [4.69, 9.17) is 4.74 Å². The Kier molecular flexibility index (Phi) is 4.15. The number of rotatable bonds is 4. The number of aliphatic hydroxyl groups excluding tert-OH is 1. The number of hydrogen-bond donors (Lipinski definition) is 1. The second-order valence-corrected chi connectivity index (χ2v) is 6.16. The summed E-state index contributed by atoms with van der Waals surface area (Å²) in [6, 6.07) is 8.41. The maximum atomic E-state index is 12.5. The minimum absolute atomic E-state index is 0.218. The fourth-order valence-electron chi connectivity index (χ4n) is 3.76. The molecule has 0 aliphatic carbocycles. The van der Waals surface area contributed by atoms with E-state index in [0.29, 0.717) is 6.42 Å². The lowest BCUT2D eigenvalue weighted by atomic mass is 9.99. The van der Waals surface area contributed by atoms with Crippen LogP contribution in [0.1, 0.15) is 37.7 Å². The number of methoxy groups -OCH3 is 1. The minimum atomic E-state index is -0.218. The first-order chi connectivity index (χ1) is 10.2. The van der Waals surface area contributed by atoms with Crippen LogP contribution in [0, 0.1) is 0 Å². The average Bonchev–Trinajstić information content (AvgIpc) is 2.77. The van der Waals surface area contributed by atoms with Crippen molar-refractivity contribution in [2.75, 3.05) is 7.11 Å². The molecule has 4 heteroatoms. The number of ether oxygens (including phenoxy) is 1. The van der Waals surface area contributed by atoms with Crippen LogP contribution in [0.2, 0.25) is 0 Å². The van der Waals surface area contributed by atoms with Crippen molar-refractivity contribution in [3.8, 4) is 5.75 Å². The quantitative estimate of drug-likeness (QED) is 0.924. The predicted octanol–water partition coefficient (Wildman–Crippen LogP) is 2.14. The second-order valence-electron chi connectivity index (χ2n) is 6.16. The molecule has 0 spiro atoms. The van der Waals surface area contributed by atoms with Crippen molar-refractivity contribution in [3.63, 3.8) is 0 Å². The van der Waals surface area contributed by atoms with Gasteiger partial charge >= 0.3 is 0 Å². The summed E-state index contributed by atoms with van der Waals surface area (Å²) < 4.78 is 5.21. The van der Waals surface area contributed by atoms with Crippen LogP contribution in [-0.4, -0.2) is 41.2 Å². The van der Waals surface area contributed by atoms with Crippen molar-refractivity contribution in [1.82, 2.24) is 4.90 Å². The monoisotopic (exact) mass is 289 g/mol. The summed E-state index contributed by atoms with van der Waals surface area (Å²) >= 11 is 0. The molecule has 0 radical (unpaired) electrons. The molecule has 0 saturated carbocycles. The van der Waals surface area contributed by atoms with E-state index < -0.39 is 0 Å². The lowest BCUT2D eigenvalue weighted by molar-refractivity contribution is -0.137. The fraction of sp³-hybridized carbons (Fsp3) is 0.588. The molecule has 1 aromatic rings. The number of benzene rings is 1. The molecular weight excluding hydrogens is 266 g/mol. The molecule has 2 aliphatic rings. The van der Waals surface area contributed by atoms with Crippen LogP contribution in [0.25, 0.3) is 0 Å². The summed E-state index contributed by atoms with van der Waals surface area (Å²) in [5.74, 6) is 1.07. The molecule has 2 aliphatic heterocycles. The number of carbonyl (C=O) groups is 1. The van der Waals surface area contributed by atoms with Crippen molar-refractivity contribution >= 4 is 5.91 Å². The van der Waals surface area contributed by atoms with Gasteiger partial charge in [0, 0.05) is 18.5 Å². The van der Waals surface area contributed by atoms with Crippen LogP contribution in [0.5, 0.6) is 5.75 Å². The Morgan fingerprint density at radius 1 is 1.33 bits per heavy atom. The Bertz CT molecular complexity index is 503. The van der Waals surface area contributed by atoms with Crippen molar-refractivity contribution < 1.29 is 14.6 Å². The minimum Gasteiger partial charge on any atom is -0.497 e. The normalized spacial score (nSPS) is 27.7. The van der Waals surface area contributed by atoms with Crippen molar-refractivity contribution in [2.24, 2.45) is 0 Å². The molecule has 3 rings (SSSR count). The summed E-state index contributed by atoms with van der Waals surface area (Å²) in [5.41, 5.74) is 1.13. The van der Waals surface area contributed by atoms with Crippen molar-refractivity contribution in [1.29, 1.82) is 0 Å². The van der Waals surface area contributed by atoms with E-state index in [1.54, 1.807) is 7.11 Å². The first-order valence-electron chi connectivity index (χ1n) is 7.79. The fourth-order valence-corrected chi connectivity index (χ4v) is 3.76. The third kappa shape index (κ3) is 3.05. The molecule has 1 N–H and O–H groups in total. The zero-order chi connectivity index (χ0) is 14.8. The number of hydrogen-bond acceptors (Lipinski definition) is 3. The Labute approximate surface area is 125 Å². The SMILES string of the molecule is COc1cccc(CCC(=O)N2C3CCC2CC(O)C3)c1. The largest absolute Gasteiger partial charge is 0.497 e. The third-order valence-electron chi connectivity index (χ3n) is 4.76. The topological polar surface area (TPSA) is 49.8 Å². The van der Waals surface area contributed by atoms with E-state index in [1.807, 2.05) is 29.2 Å². The number of amides is 1. The van der Waals surface area contributed by atoms with Gasteiger partial charge in [0.25, 0.3) is 0 Å². The van der Waals surface area contributed by atoms with Gasteiger partial charge in [-0.1, -0.05) is 12.1 Å². The zero-order valence-electron chi connectivity index (χ0n) is 12.5. The molecule has 4 nitrogen and oxygen atoms in total. The zero-order valence-corrected chi connectivity index (χ0v) is 12.5. The lowest BCUT2D eigenvalue weighted by Gasteiger charge is -2.37. The molecule has 2 heterocycles. The highest BCUT2D eigenvalue weighted by molar-refractivity contribution is 5.77.